The van der Waals surface area contributed by atoms with Crippen molar-refractivity contribution < 1.29 is 14.0 Å². The van der Waals surface area contributed by atoms with Gasteiger partial charge < -0.3 is 4.42 Å². The number of thioether (sulfide) groups is 1. The number of Topliss-reactive ketones (excluding diaryl/α,β-unsaturated/α-hetero) is 1. The molecule has 2 aliphatic carbocycles. The molecule has 2 unspecified atom stereocenters. The van der Waals surface area contributed by atoms with Crippen LogP contribution in [0.15, 0.2) is 33.9 Å². The number of benzene rings is 1. The molecule has 4 rings (SSSR count). The van der Waals surface area contributed by atoms with Crippen LogP contribution in [0.2, 0.25) is 0 Å². The first kappa shape index (κ1) is 14.9. The molecule has 1 aromatic heterocycles. The van der Waals surface area contributed by atoms with Gasteiger partial charge in [-0.15, -0.1) is 0 Å². The standard InChI is InChI=1S/C18H19NO3S/c1-16(2)17(3)8-9-18(16,10-13(17)20)14(21)23-15-19-11-6-4-5-7-12(11)22-15/h4-7H,8-10H2,1-3H3. The third-order valence-corrected chi connectivity index (χ3v) is 7.48. The van der Waals surface area contributed by atoms with E-state index in [9.17, 15) is 9.59 Å². The van der Waals surface area contributed by atoms with E-state index in [1.165, 1.54) is 0 Å². The number of hydrogen-bond acceptors (Lipinski definition) is 5. The summed E-state index contributed by atoms with van der Waals surface area (Å²) in [7, 11) is 0. The smallest absolute Gasteiger partial charge is 0.264 e. The Balaban J connectivity index is 1.68. The van der Waals surface area contributed by atoms with Gasteiger partial charge in [-0.2, -0.15) is 0 Å². The summed E-state index contributed by atoms with van der Waals surface area (Å²) in [6.45, 7) is 6.15. The summed E-state index contributed by atoms with van der Waals surface area (Å²) in [6, 6.07) is 7.47. The molecule has 2 aromatic rings. The Morgan fingerprint density at radius 1 is 1.22 bits per heavy atom. The first-order valence-corrected chi connectivity index (χ1v) is 8.73. The van der Waals surface area contributed by atoms with Gasteiger partial charge in [0.15, 0.2) is 5.58 Å². The van der Waals surface area contributed by atoms with Crippen LogP contribution in [0.25, 0.3) is 11.1 Å². The van der Waals surface area contributed by atoms with E-state index in [1.807, 2.05) is 31.2 Å². The fourth-order valence-electron chi connectivity index (χ4n) is 4.38. The maximum Gasteiger partial charge on any atom is 0.264 e. The van der Waals surface area contributed by atoms with E-state index in [4.69, 9.17) is 4.42 Å². The lowest BCUT2D eigenvalue weighted by Gasteiger charge is -2.38. The third kappa shape index (κ3) is 1.71. The van der Waals surface area contributed by atoms with Gasteiger partial charge in [0.25, 0.3) is 5.22 Å². The molecule has 0 aliphatic heterocycles. The summed E-state index contributed by atoms with van der Waals surface area (Å²) < 4.78 is 5.67. The number of hydrogen-bond donors (Lipinski definition) is 0. The van der Waals surface area contributed by atoms with Gasteiger partial charge in [0.05, 0.1) is 5.41 Å². The van der Waals surface area contributed by atoms with Crippen LogP contribution in [0.1, 0.15) is 40.0 Å². The van der Waals surface area contributed by atoms with Crippen LogP contribution in [0, 0.1) is 16.2 Å². The van der Waals surface area contributed by atoms with Crippen molar-refractivity contribution in [3.63, 3.8) is 0 Å². The molecule has 2 atom stereocenters. The van der Waals surface area contributed by atoms with Gasteiger partial charge in [0, 0.05) is 23.6 Å². The van der Waals surface area contributed by atoms with Gasteiger partial charge in [-0.1, -0.05) is 32.9 Å². The van der Waals surface area contributed by atoms with Crippen LogP contribution in [-0.4, -0.2) is 15.9 Å². The Labute approximate surface area is 139 Å². The highest BCUT2D eigenvalue weighted by Gasteiger charge is 2.72. The van der Waals surface area contributed by atoms with Crippen LogP contribution in [0.4, 0.5) is 0 Å². The summed E-state index contributed by atoms with van der Waals surface area (Å²) >= 11 is 1.05. The molecule has 0 radical (unpaired) electrons. The third-order valence-electron chi connectivity index (χ3n) is 6.55. The van der Waals surface area contributed by atoms with Gasteiger partial charge in [-0.3, -0.25) is 9.59 Å². The second-order valence-electron chi connectivity index (χ2n) is 7.48. The molecule has 2 aliphatic rings. The molecule has 5 heteroatoms. The Kier molecular flexibility index (Phi) is 2.90. The molecule has 23 heavy (non-hydrogen) atoms. The minimum Gasteiger partial charge on any atom is -0.431 e. The molecule has 1 heterocycles. The van der Waals surface area contributed by atoms with Gasteiger partial charge in [0.2, 0.25) is 5.12 Å². The van der Waals surface area contributed by atoms with Crippen LogP contribution >= 0.6 is 11.8 Å². The predicted octanol–water partition coefficient (Wildman–Crippen LogP) is 4.23. The average molecular weight is 329 g/mol. The lowest BCUT2D eigenvalue weighted by atomic mass is 9.65. The maximum atomic E-state index is 13.1. The SMILES string of the molecule is CC12CCC(C(=O)Sc3nc4ccccc4o3)(CC1=O)C2(C)C. The molecule has 120 valence electrons. The lowest BCUT2D eigenvalue weighted by Crippen LogP contribution is -2.39. The minimum atomic E-state index is -0.593. The Hall–Kier alpha value is -1.62. The lowest BCUT2D eigenvalue weighted by molar-refractivity contribution is -0.129. The van der Waals surface area contributed by atoms with E-state index in [1.54, 1.807) is 0 Å². The number of aromatic nitrogens is 1. The highest BCUT2D eigenvalue weighted by atomic mass is 32.2. The van der Waals surface area contributed by atoms with E-state index in [0.29, 0.717) is 17.2 Å². The van der Waals surface area contributed by atoms with Gasteiger partial charge in [-0.05, 0) is 30.4 Å². The predicted molar refractivity (Wildman–Crippen MR) is 88.1 cm³/mol. The van der Waals surface area contributed by atoms with E-state index in [2.05, 4.69) is 18.8 Å². The summed E-state index contributed by atoms with van der Waals surface area (Å²) in [6.07, 6.45) is 1.91. The molecule has 0 saturated heterocycles. The molecule has 2 fully saturated rings. The number of carbonyl (C=O) groups excluding carboxylic acids is 2. The molecule has 0 spiro atoms. The van der Waals surface area contributed by atoms with Crippen molar-refractivity contribution in [1.82, 2.24) is 4.98 Å². The summed E-state index contributed by atoms with van der Waals surface area (Å²) in [5.74, 6) is 0.222. The molecule has 0 amide bonds. The Morgan fingerprint density at radius 2 is 1.96 bits per heavy atom. The molecule has 4 nitrogen and oxygen atoms in total. The molecular weight excluding hydrogens is 310 g/mol. The quantitative estimate of drug-likeness (QED) is 0.772. The van der Waals surface area contributed by atoms with Crippen molar-refractivity contribution in [2.45, 2.75) is 45.3 Å². The van der Waals surface area contributed by atoms with Crippen molar-refractivity contribution in [2.75, 3.05) is 0 Å². The van der Waals surface area contributed by atoms with E-state index in [0.717, 1.165) is 30.1 Å². The summed E-state index contributed by atoms with van der Waals surface area (Å²) in [5, 5.41) is 0.387. The Morgan fingerprint density at radius 3 is 2.57 bits per heavy atom. The average Bonchev–Trinajstić information content (AvgIpc) is 3.04. The number of rotatable bonds is 2. The fourth-order valence-corrected chi connectivity index (χ4v) is 5.44. The molecule has 1 aromatic carbocycles. The molecule has 2 saturated carbocycles. The van der Waals surface area contributed by atoms with Gasteiger partial charge in [0.1, 0.15) is 11.3 Å². The monoisotopic (exact) mass is 329 g/mol. The zero-order valence-electron chi connectivity index (χ0n) is 13.5. The highest BCUT2D eigenvalue weighted by molar-refractivity contribution is 8.13. The van der Waals surface area contributed by atoms with Crippen molar-refractivity contribution in [2.24, 2.45) is 16.2 Å². The van der Waals surface area contributed by atoms with Gasteiger partial charge >= 0.3 is 0 Å². The minimum absolute atomic E-state index is 0.0173. The zero-order valence-corrected chi connectivity index (χ0v) is 14.3. The van der Waals surface area contributed by atoms with Gasteiger partial charge in [-0.25, -0.2) is 4.98 Å². The molecule has 2 bridgehead atoms. The number of nitrogens with zero attached hydrogens (tertiary/aromatic N) is 1. The van der Waals surface area contributed by atoms with E-state index < -0.39 is 5.41 Å². The second kappa shape index (κ2) is 4.47. The summed E-state index contributed by atoms with van der Waals surface area (Å²) in [5.41, 5.74) is 0.124. The number of fused-ring (bicyclic) bond motifs is 3. The topological polar surface area (TPSA) is 60.2 Å². The number of carbonyl (C=O) groups is 2. The van der Waals surface area contributed by atoms with Crippen molar-refractivity contribution >= 4 is 33.8 Å². The first-order chi connectivity index (χ1) is 10.8. The largest absolute Gasteiger partial charge is 0.431 e. The van der Waals surface area contributed by atoms with Crippen LogP contribution in [-0.2, 0) is 9.59 Å². The zero-order chi connectivity index (χ0) is 16.5. The highest BCUT2D eigenvalue weighted by Crippen LogP contribution is 2.71. The van der Waals surface area contributed by atoms with Crippen LogP contribution < -0.4 is 0 Å². The van der Waals surface area contributed by atoms with Crippen molar-refractivity contribution in [1.29, 1.82) is 0 Å². The number of ketones is 1. The van der Waals surface area contributed by atoms with Crippen LogP contribution in [0.3, 0.4) is 0 Å². The van der Waals surface area contributed by atoms with Crippen molar-refractivity contribution in [3.8, 4) is 0 Å². The number of para-hydroxylation sites is 2. The van der Waals surface area contributed by atoms with Crippen molar-refractivity contribution in [3.05, 3.63) is 24.3 Å². The maximum absolute atomic E-state index is 13.1. The number of oxazole rings is 1. The fraction of sp³-hybridized carbons (Fsp3) is 0.500. The molecular formula is C18H19NO3S. The first-order valence-electron chi connectivity index (χ1n) is 7.91. The van der Waals surface area contributed by atoms with Crippen LogP contribution in [0.5, 0.6) is 0 Å². The second-order valence-corrected chi connectivity index (χ2v) is 8.40. The normalized spacial score (nSPS) is 31.9. The van der Waals surface area contributed by atoms with E-state index >= 15 is 0 Å². The van der Waals surface area contributed by atoms with E-state index in [-0.39, 0.29) is 21.7 Å². The molecule has 0 N–H and O–H groups in total. The Bertz CT molecular complexity index is 807. The summed E-state index contributed by atoms with van der Waals surface area (Å²) in [4.78, 5) is 29.9.